The molecule has 6 heteroatoms. The van der Waals surface area contributed by atoms with Crippen LogP contribution in [0.4, 0.5) is 0 Å². The highest BCUT2D eigenvalue weighted by atomic mass is 32.2. The summed E-state index contributed by atoms with van der Waals surface area (Å²) in [5, 5.41) is -0.225. The zero-order chi connectivity index (χ0) is 12.9. The van der Waals surface area contributed by atoms with Crippen molar-refractivity contribution in [2.45, 2.75) is 63.2 Å². The Morgan fingerprint density at radius 2 is 2.00 bits per heavy atom. The van der Waals surface area contributed by atoms with Crippen LogP contribution in [0.25, 0.3) is 0 Å². The van der Waals surface area contributed by atoms with Crippen LogP contribution in [0.5, 0.6) is 0 Å². The molecule has 4 nitrogen and oxygen atoms in total. The van der Waals surface area contributed by atoms with E-state index >= 15 is 0 Å². The second-order valence-electron chi connectivity index (χ2n) is 4.70. The van der Waals surface area contributed by atoms with Crippen molar-refractivity contribution >= 4 is 27.2 Å². The largest absolute Gasteiger partial charge is 0.393 e. The second-order valence-corrected chi connectivity index (χ2v) is 7.22. The van der Waals surface area contributed by atoms with E-state index in [1.165, 1.54) is 0 Å². The first kappa shape index (κ1) is 14.9. The molecule has 1 rings (SSSR count). The maximum Gasteiger partial charge on any atom is 0.214 e. The second kappa shape index (κ2) is 6.66. The average molecular weight is 278 g/mol. The molecule has 1 fully saturated rings. The number of hydrogen-bond acceptors (Lipinski definition) is 3. The molecule has 1 aliphatic carbocycles. The van der Waals surface area contributed by atoms with Crippen molar-refractivity contribution in [3.8, 4) is 0 Å². The highest BCUT2D eigenvalue weighted by Crippen LogP contribution is 2.23. The molecule has 0 radical (unpaired) electrons. The smallest absolute Gasteiger partial charge is 0.214 e. The number of rotatable bonds is 6. The van der Waals surface area contributed by atoms with Crippen LogP contribution in [0.1, 0.15) is 51.9 Å². The molecule has 1 atom stereocenters. The Morgan fingerprint density at radius 3 is 2.47 bits per heavy atom. The molecule has 0 spiro atoms. The summed E-state index contributed by atoms with van der Waals surface area (Å²) in [7, 11) is -3.21. The van der Waals surface area contributed by atoms with Crippen LogP contribution in [-0.2, 0) is 10.0 Å². The van der Waals surface area contributed by atoms with E-state index in [4.69, 9.17) is 18.0 Å². The minimum Gasteiger partial charge on any atom is -0.393 e. The first-order chi connectivity index (χ1) is 7.95. The highest BCUT2D eigenvalue weighted by Gasteiger charge is 2.28. The Bertz CT molecular complexity index is 348. The molecule has 0 amide bonds. The molecular formula is C11H22N2O2S2. The summed E-state index contributed by atoms with van der Waals surface area (Å²) in [5.41, 5.74) is 5.46. The molecule has 0 aromatic rings. The molecular weight excluding hydrogens is 256 g/mol. The fraction of sp³-hybridized carbons (Fsp3) is 0.909. The molecule has 1 saturated carbocycles. The van der Waals surface area contributed by atoms with E-state index in [-0.39, 0.29) is 11.3 Å². The lowest BCUT2D eigenvalue weighted by Gasteiger charge is -2.25. The van der Waals surface area contributed by atoms with Gasteiger partial charge in [-0.1, -0.05) is 38.4 Å². The van der Waals surface area contributed by atoms with Gasteiger partial charge in [0.25, 0.3) is 0 Å². The van der Waals surface area contributed by atoms with Crippen LogP contribution in [0.15, 0.2) is 0 Å². The SMILES string of the molecule is CCC(CC(N)=S)NS(=O)(=O)C1CCCCC1. The normalized spacial score (nSPS) is 20.1. The van der Waals surface area contributed by atoms with Crippen molar-refractivity contribution in [1.82, 2.24) is 4.72 Å². The molecule has 3 N–H and O–H groups in total. The maximum absolute atomic E-state index is 12.1. The summed E-state index contributed by atoms with van der Waals surface area (Å²) in [4.78, 5) is 0.364. The molecule has 0 heterocycles. The lowest BCUT2D eigenvalue weighted by Crippen LogP contribution is -2.42. The Hall–Kier alpha value is -0.200. The highest BCUT2D eigenvalue weighted by molar-refractivity contribution is 7.90. The van der Waals surface area contributed by atoms with E-state index in [2.05, 4.69) is 4.72 Å². The zero-order valence-corrected chi connectivity index (χ0v) is 11.9. The molecule has 0 bridgehead atoms. The average Bonchev–Trinajstić information content (AvgIpc) is 2.28. The topological polar surface area (TPSA) is 72.2 Å². The summed E-state index contributed by atoms with van der Waals surface area (Å²) in [6.07, 6.45) is 5.88. The van der Waals surface area contributed by atoms with Crippen molar-refractivity contribution < 1.29 is 8.42 Å². The Kier molecular flexibility index (Phi) is 5.82. The van der Waals surface area contributed by atoms with Gasteiger partial charge in [0.15, 0.2) is 0 Å². The van der Waals surface area contributed by atoms with E-state index in [0.717, 1.165) is 32.1 Å². The van der Waals surface area contributed by atoms with E-state index in [1.54, 1.807) is 0 Å². The van der Waals surface area contributed by atoms with Gasteiger partial charge in [-0.15, -0.1) is 0 Å². The minimum atomic E-state index is -3.21. The van der Waals surface area contributed by atoms with Gasteiger partial charge < -0.3 is 5.73 Å². The third-order valence-corrected chi connectivity index (χ3v) is 5.44. The zero-order valence-electron chi connectivity index (χ0n) is 10.3. The number of hydrogen-bond donors (Lipinski definition) is 2. The van der Waals surface area contributed by atoms with Crippen LogP contribution in [0, 0.1) is 0 Å². The molecule has 0 aromatic carbocycles. The molecule has 1 aliphatic rings. The summed E-state index contributed by atoms with van der Waals surface area (Å²) >= 11 is 4.83. The van der Waals surface area contributed by atoms with Gasteiger partial charge in [0.2, 0.25) is 10.0 Å². The Labute approximate surface area is 109 Å². The summed E-state index contributed by atoms with van der Waals surface area (Å²) in [5.74, 6) is 0. The molecule has 0 saturated heterocycles. The predicted octanol–water partition coefficient (Wildman–Crippen LogP) is 1.69. The van der Waals surface area contributed by atoms with Gasteiger partial charge in [0.05, 0.1) is 10.2 Å². The Balaban J connectivity index is 2.59. The molecule has 0 aliphatic heterocycles. The van der Waals surface area contributed by atoms with Crippen molar-refractivity contribution in [3.05, 3.63) is 0 Å². The molecule has 100 valence electrons. The van der Waals surface area contributed by atoms with Crippen molar-refractivity contribution in [2.75, 3.05) is 0 Å². The van der Waals surface area contributed by atoms with Crippen molar-refractivity contribution in [3.63, 3.8) is 0 Å². The van der Waals surface area contributed by atoms with Crippen LogP contribution < -0.4 is 10.5 Å². The van der Waals surface area contributed by atoms with Crippen LogP contribution >= 0.6 is 12.2 Å². The number of nitrogens with two attached hydrogens (primary N) is 1. The summed E-state index contributed by atoms with van der Waals surface area (Å²) < 4.78 is 27.0. The van der Waals surface area contributed by atoms with Crippen LogP contribution in [0.2, 0.25) is 0 Å². The van der Waals surface area contributed by atoms with Crippen LogP contribution in [0.3, 0.4) is 0 Å². The third kappa shape index (κ3) is 4.89. The molecule has 0 aromatic heterocycles. The summed E-state index contributed by atoms with van der Waals surface area (Å²) in [6.45, 7) is 1.94. The fourth-order valence-corrected chi connectivity index (χ4v) is 4.28. The first-order valence-electron chi connectivity index (χ1n) is 6.25. The van der Waals surface area contributed by atoms with E-state index in [0.29, 0.717) is 17.8 Å². The van der Waals surface area contributed by atoms with Gasteiger partial charge >= 0.3 is 0 Å². The lowest BCUT2D eigenvalue weighted by atomic mass is 10.0. The van der Waals surface area contributed by atoms with Crippen LogP contribution in [-0.4, -0.2) is 24.7 Å². The van der Waals surface area contributed by atoms with Gasteiger partial charge in [-0.05, 0) is 19.3 Å². The van der Waals surface area contributed by atoms with E-state index in [1.807, 2.05) is 6.92 Å². The maximum atomic E-state index is 12.1. The van der Waals surface area contributed by atoms with Gasteiger partial charge in [-0.3, -0.25) is 0 Å². The third-order valence-electron chi connectivity index (χ3n) is 3.26. The van der Waals surface area contributed by atoms with Gasteiger partial charge in [0, 0.05) is 12.5 Å². The van der Waals surface area contributed by atoms with Gasteiger partial charge in [-0.25, -0.2) is 13.1 Å². The fourth-order valence-electron chi connectivity index (χ4n) is 2.22. The number of sulfonamides is 1. The molecule has 1 unspecified atom stereocenters. The van der Waals surface area contributed by atoms with Gasteiger partial charge in [-0.2, -0.15) is 0 Å². The minimum absolute atomic E-state index is 0.153. The quantitative estimate of drug-likeness (QED) is 0.725. The Morgan fingerprint density at radius 1 is 1.41 bits per heavy atom. The summed E-state index contributed by atoms with van der Waals surface area (Å²) in [6, 6.07) is -0.153. The van der Waals surface area contributed by atoms with Crippen molar-refractivity contribution in [2.24, 2.45) is 5.73 Å². The van der Waals surface area contributed by atoms with E-state index in [9.17, 15) is 8.42 Å². The lowest BCUT2D eigenvalue weighted by molar-refractivity contribution is 0.468. The van der Waals surface area contributed by atoms with Gasteiger partial charge in [0.1, 0.15) is 0 Å². The molecule has 17 heavy (non-hydrogen) atoms. The van der Waals surface area contributed by atoms with Crippen molar-refractivity contribution in [1.29, 1.82) is 0 Å². The standard InChI is InChI=1S/C11H22N2O2S2/c1-2-9(8-11(12)16)13-17(14,15)10-6-4-3-5-7-10/h9-10,13H,2-8H2,1H3,(H2,12,16). The number of nitrogens with one attached hydrogen (secondary N) is 1. The number of thiocarbonyl (C=S) groups is 1. The predicted molar refractivity (Wildman–Crippen MR) is 74.4 cm³/mol. The van der Waals surface area contributed by atoms with E-state index < -0.39 is 10.0 Å². The monoisotopic (exact) mass is 278 g/mol. The first-order valence-corrected chi connectivity index (χ1v) is 8.20.